The standard InChI is InChI=1S/C10H15NO2.C2H6/c1-6(2)11-10(12)9-5-7(3)8(4)13-9;1-2/h5-6H,1-4H3,(H,11,12);1-2H3. The zero-order valence-corrected chi connectivity index (χ0v) is 10.5. The molecule has 0 radical (unpaired) electrons. The lowest BCUT2D eigenvalue weighted by Crippen LogP contribution is -2.29. The highest BCUT2D eigenvalue weighted by Crippen LogP contribution is 2.12. The van der Waals surface area contributed by atoms with E-state index in [1.54, 1.807) is 6.07 Å². The Labute approximate surface area is 91.9 Å². The van der Waals surface area contributed by atoms with Gasteiger partial charge < -0.3 is 9.73 Å². The molecule has 0 aliphatic rings. The van der Waals surface area contributed by atoms with Crippen molar-refractivity contribution in [3.05, 3.63) is 23.2 Å². The summed E-state index contributed by atoms with van der Waals surface area (Å²) in [5, 5.41) is 2.77. The lowest BCUT2D eigenvalue weighted by molar-refractivity contribution is 0.0914. The third-order valence-corrected chi connectivity index (χ3v) is 1.81. The molecule has 0 fully saturated rings. The van der Waals surface area contributed by atoms with Crippen molar-refractivity contribution in [3.8, 4) is 0 Å². The smallest absolute Gasteiger partial charge is 0.287 e. The van der Waals surface area contributed by atoms with E-state index < -0.39 is 0 Å². The molecule has 3 heteroatoms. The average Bonchev–Trinajstić information content (AvgIpc) is 2.49. The molecule has 1 heterocycles. The van der Waals surface area contributed by atoms with Gasteiger partial charge in [-0.2, -0.15) is 0 Å². The molecule has 1 aromatic heterocycles. The average molecular weight is 211 g/mol. The van der Waals surface area contributed by atoms with Crippen molar-refractivity contribution in [1.29, 1.82) is 0 Å². The van der Waals surface area contributed by atoms with Crippen LogP contribution >= 0.6 is 0 Å². The zero-order valence-electron chi connectivity index (χ0n) is 10.5. The van der Waals surface area contributed by atoms with Gasteiger partial charge >= 0.3 is 0 Å². The molecule has 1 amide bonds. The Balaban J connectivity index is 0.000000921. The fourth-order valence-electron chi connectivity index (χ4n) is 1.02. The number of hydrogen-bond donors (Lipinski definition) is 1. The normalized spacial score (nSPS) is 9.53. The van der Waals surface area contributed by atoms with E-state index in [0.717, 1.165) is 11.3 Å². The summed E-state index contributed by atoms with van der Waals surface area (Å²) in [6.45, 7) is 11.6. The fraction of sp³-hybridized carbons (Fsp3) is 0.583. The second kappa shape index (κ2) is 6.27. The maximum Gasteiger partial charge on any atom is 0.287 e. The molecule has 3 nitrogen and oxygen atoms in total. The maximum atomic E-state index is 11.4. The molecule has 0 saturated heterocycles. The first-order valence-corrected chi connectivity index (χ1v) is 5.38. The Morgan fingerprint density at radius 3 is 2.20 bits per heavy atom. The first-order valence-electron chi connectivity index (χ1n) is 5.38. The van der Waals surface area contributed by atoms with Crippen LogP contribution in [0.5, 0.6) is 0 Å². The van der Waals surface area contributed by atoms with Gasteiger partial charge in [0, 0.05) is 6.04 Å². The molecule has 0 aliphatic carbocycles. The quantitative estimate of drug-likeness (QED) is 0.817. The highest BCUT2D eigenvalue weighted by Gasteiger charge is 2.12. The Bertz CT molecular complexity index is 294. The summed E-state index contributed by atoms with van der Waals surface area (Å²) < 4.78 is 5.26. The van der Waals surface area contributed by atoms with Gasteiger partial charge in [0.05, 0.1) is 0 Å². The van der Waals surface area contributed by atoms with Crippen LogP contribution in [0.3, 0.4) is 0 Å². The molecular formula is C12H21NO2. The molecule has 0 spiro atoms. The van der Waals surface area contributed by atoms with E-state index >= 15 is 0 Å². The van der Waals surface area contributed by atoms with Gasteiger partial charge in [0.1, 0.15) is 5.76 Å². The summed E-state index contributed by atoms with van der Waals surface area (Å²) in [4.78, 5) is 11.4. The van der Waals surface area contributed by atoms with E-state index in [9.17, 15) is 4.79 Å². The Kier molecular flexibility index (Phi) is 5.75. The van der Waals surface area contributed by atoms with Crippen molar-refractivity contribution >= 4 is 5.91 Å². The predicted molar refractivity (Wildman–Crippen MR) is 62.1 cm³/mol. The van der Waals surface area contributed by atoms with Crippen LogP contribution in [0.1, 0.15) is 49.6 Å². The van der Waals surface area contributed by atoms with Crippen LogP contribution in [0.4, 0.5) is 0 Å². The second-order valence-corrected chi connectivity index (χ2v) is 3.48. The predicted octanol–water partition coefficient (Wildman–Crippen LogP) is 3.06. The molecule has 0 saturated carbocycles. The molecule has 0 atom stereocenters. The number of aryl methyl sites for hydroxylation is 2. The molecule has 1 aromatic rings. The Morgan fingerprint density at radius 1 is 1.33 bits per heavy atom. The Morgan fingerprint density at radius 2 is 1.87 bits per heavy atom. The molecule has 0 aromatic carbocycles. The molecule has 0 bridgehead atoms. The van der Waals surface area contributed by atoms with E-state index in [1.807, 2.05) is 41.5 Å². The van der Waals surface area contributed by atoms with Gasteiger partial charge in [-0.25, -0.2) is 0 Å². The summed E-state index contributed by atoms with van der Waals surface area (Å²) in [5.74, 6) is 1.05. The van der Waals surface area contributed by atoms with Crippen molar-refractivity contribution in [2.75, 3.05) is 0 Å². The van der Waals surface area contributed by atoms with Crippen molar-refractivity contribution in [1.82, 2.24) is 5.32 Å². The molecule has 0 unspecified atom stereocenters. The van der Waals surface area contributed by atoms with Crippen molar-refractivity contribution in [2.45, 2.75) is 47.6 Å². The van der Waals surface area contributed by atoms with E-state index in [4.69, 9.17) is 4.42 Å². The van der Waals surface area contributed by atoms with E-state index in [2.05, 4.69) is 5.32 Å². The number of carbonyl (C=O) groups is 1. The van der Waals surface area contributed by atoms with Crippen LogP contribution in [-0.4, -0.2) is 11.9 Å². The fourth-order valence-corrected chi connectivity index (χ4v) is 1.02. The lowest BCUT2D eigenvalue weighted by Gasteiger charge is -2.04. The van der Waals surface area contributed by atoms with E-state index in [1.165, 1.54) is 0 Å². The minimum absolute atomic E-state index is 0.137. The summed E-state index contributed by atoms with van der Waals surface area (Å²) in [5.41, 5.74) is 1.01. The number of carbonyl (C=O) groups excluding carboxylic acids is 1. The first kappa shape index (κ1) is 13.8. The lowest BCUT2D eigenvalue weighted by atomic mass is 10.3. The minimum atomic E-state index is -0.147. The van der Waals surface area contributed by atoms with E-state index in [0.29, 0.717) is 5.76 Å². The largest absolute Gasteiger partial charge is 0.456 e. The van der Waals surface area contributed by atoms with Crippen LogP contribution in [0.2, 0.25) is 0 Å². The van der Waals surface area contributed by atoms with Gasteiger partial charge in [0.2, 0.25) is 0 Å². The van der Waals surface area contributed by atoms with Gasteiger partial charge in [-0.3, -0.25) is 4.79 Å². The second-order valence-electron chi connectivity index (χ2n) is 3.48. The van der Waals surface area contributed by atoms with Gasteiger partial charge in [-0.1, -0.05) is 13.8 Å². The topological polar surface area (TPSA) is 42.2 Å². The highest BCUT2D eigenvalue weighted by molar-refractivity contribution is 5.91. The van der Waals surface area contributed by atoms with Gasteiger partial charge in [-0.05, 0) is 39.3 Å². The Hall–Kier alpha value is -1.25. The van der Waals surface area contributed by atoms with Crippen molar-refractivity contribution in [2.24, 2.45) is 0 Å². The zero-order chi connectivity index (χ0) is 12.0. The van der Waals surface area contributed by atoms with Crippen molar-refractivity contribution in [3.63, 3.8) is 0 Å². The number of furan rings is 1. The first-order chi connectivity index (χ1) is 7.00. The highest BCUT2D eigenvalue weighted by atomic mass is 16.3. The molecule has 1 rings (SSSR count). The molecular weight excluding hydrogens is 190 g/mol. The van der Waals surface area contributed by atoms with Crippen LogP contribution in [-0.2, 0) is 0 Å². The molecule has 0 aliphatic heterocycles. The summed E-state index contributed by atoms with van der Waals surface area (Å²) >= 11 is 0. The van der Waals surface area contributed by atoms with Crippen LogP contribution < -0.4 is 5.32 Å². The number of rotatable bonds is 2. The van der Waals surface area contributed by atoms with Crippen molar-refractivity contribution < 1.29 is 9.21 Å². The molecule has 86 valence electrons. The maximum absolute atomic E-state index is 11.4. The van der Waals surface area contributed by atoms with Gasteiger partial charge in [0.25, 0.3) is 5.91 Å². The number of hydrogen-bond acceptors (Lipinski definition) is 2. The molecule has 1 N–H and O–H groups in total. The number of amides is 1. The van der Waals surface area contributed by atoms with Crippen LogP contribution in [0.25, 0.3) is 0 Å². The minimum Gasteiger partial charge on any atom is -0.456 e. The number of nitrogens with one attached hydrogen (secondary N) is 1. The van der Waals surface area contributed by atoms with E-state index in [-0.39, 0.29) is 11.9 Å². The third-order valence-electron chi connectivity index (χ3n) is 1.81. The summed E-state index contributed by atoms with van der Waals surface area (Å²) in [6.07, 6.45) is 0. The summed E-state index contributed by atoms with van der Waals surface area (Å²) in [7, 11) is 0. The van der Waals surface area contributed by atoms with Crippen LogP contribution in [0.15, 0.2) is 10.5 Å². The van der Waals surface area contributed by atoms with Gasteiger partial charge in [-0.15, -0.1) is 0 Å². The van der Waals surface area contributed by atoms with Gasteiger partial charge in [0.15, 0.2) is 5.76 Å². The van der Waals surface area contributed by atoms with Crippen LogP contribution in [0, 0.1) is 13.8 Å². The third kappa shape index (κ3) is 4.19. The summed E-state index contributed by atoms with van der Waals surface area (Å²) in [6, 6.07) is 1.89. The SMILES string of the molecule is CC.Cc1cc(C(=O)NC(C)C)oc1C. The molecule has 15 heavy (non-hydrogen) atoms. The monoisotopic (exact) mass is 211 g/mol.